The van der Waals surface area contributed by atoms with Crippen molar-refractivity contribution in [1.82, 2.24) is 5.43 Å². The van der Waals surface area contributed by atoms with E-state index in [9.17, 15) is 0 Å². The zero-order chi connectivity index (χ0) is 10.2. The Kier molecular flexibility index (Phi) is 5.08. The van der Waals surface area contributed by atoms with Gasteiger partial charge in [0.2, 0.25) is 0 Å². The van der Waals surface area contributed by atoms with Crippen molar-refractivity contribution in [2.45, 2.75) is 19.8 Å². The monoisotopic (exact) mass is 210 g/mol. The van der Waals surface area contributed by atoms with Gasteiger partial charge in [-0.25, -0.2) is 0 Å². The van der Waals surface area contributed by atoms with Gasteiger partial charge in [0.15, 0.2) is 0 Å². The summed E-state index contributed by atoms with van der Waals surface area (Å²) in [7, 11) is 0. The van der Waals surface area contributed by atoms with E-state index < -0.39 is 0 Å². The van der Waals surface area contributed by atoms with Crippen LogP contribution in [0.25, 0.3) is 0 Å². The van der Waals surface area contributed by atoms with Gasteiger partial charge >= 0.3 is 0 Å². The summed E-state index contributed by atoms with van der Waals surface area (Å²) in [5.41, 5.74) is 4.04. The lowest BCUT2D eigenvalue weighted by Gasteiger charge is -1.97. The van der Waals surface area contributed by atoms with Crippen molar-refractivity contribution in [1.29, 1.82) is 0 Å². The predicted molar refractivity (Wildman–Crippen MR) is 62.0 cm³/mol. The largest absolute Gasteiger partial charge is 0.310 e. The molecule has 3 heteroatoms. The third kappa shape index (κ3) is 4.28. The van der Waals surface area contributed by atoms with Crippen LogP contribution < -0.4 is 5.43 Å². The van der Waals surface area contributed by atoms with Crippen LogP contribution in [0.1, 0.15) is 25.3 Å². The van der Waals surface area contributed by atoms with Gasteiger partial charge in [0.1, 0.15) is 0 Å². The highest BCUT2D eigenvalue weighted by Gasteiger charge is 1.87. The molecule has 0 aromatic heterocycles. The van der Waals surface area contributed by atoms with E-state index in [1.165, 1.54) is 6.42 Å². The minimum atomic E-state index is 0.751. The summed E-state index contributed by atoms with van der Waals surface area (Å²) in [6, 6.07) is 7.59. The maximum Gasteiger partial charge on any atom is 0.0540 e. The fraction of sp³-hybridized carbons (Fsp3) is 0.364. The quantitative estimate of drug-likeness (QED) is 0.451. The number of rotatable bonds is 5. The molecular formula is C11H15ClN2. The maximum atomic E-state index is 5.75. The summed E-state index contributed by atoms with van der Waals surface area (Å²) in [6.45, 7) is 3.09. The van der Waals surface area contributed by atoms with Crippen LogP contribution in [0.4, 0.5) is 0 Å². The molecule has 0 spiro atoms. The number of halogens is 1. The van der Waals surface area contributed by atoms with Crippen molar-refractivity contribution in [2.24, 2.45) is 5.10 Å². The van der Waals surface area contributed by atoms with Gasteiger partial charge in [-0.15, -0.1) is 0 Å². The normalized spacial score (nSPS) is 10.7. The van der Waals surface area contributed by atoms with E-state index >= 15 is 0 Å². The molecule has 0 radical (unpaired) electrons. The van der Waals surface area contributed by atoms with E-state index in [0.717, 1.165) is 23.6 Å². The molecular weight excluding hydrogens is 196 g/mol. The van der Waals surface area contributed by atoms with Gasteiger partial charge in [0.25, 0.3) is 0 Å². The van der Waals surface area contributed by atoms with Crippen molar-refractivity contribution in [2.75, 3.05) is 6.54 Å². The number of hydrogen-bond acceptors (Lipinski definition) is 2. The SMILES string of the molecule is CCCCNN=Cc1ccc(Cl)cc1. The Labute approximate surface area is 90.0 Å². The Balaban J connectivity index is 2.33. The molecule has 1 aromatic carbocycles. The summed E-state index contributed by atoms with van der Waals surface area (Å²) < 4.78 is 0. The highest BCUT2D eigenvalue weighted by molar-refractivity contribution is 6.30. The van der Waals surface area contributed by atoms with Gasteiger partial charge in [0.05, 0.1) is 6.21 Å². The summed E-state index contributed by atoms with van der Waals surface area (Å²) in [6.07, 6.45) is 4.13. The van der Waals surface area contributed by atoms with Crippen molar-refractivity contribution in [3.05, 3.63) is 34.9 Å². The zero-order valence-electron chi connectivity index (χ0n) is 8.33. The van der Waals surface area contributed by atoms with Gasteiger partial charge in [-0.1, -0.05) is 37.1 Å². The Hall–Kier alpha value is -1.02. The van der Waals surface area contributed by atoms with Gasteiger partial charge in [0, 0.05) is 11.6 Å². The van der Waals surface area contributed by atoms with Crippen molar-refractivity contribution < 1.29 is 0 Å². The van der Waals surface area contributed by atoms with Gasteiger partial charge < -0.3 is 5.43 Å². The first kappa shape index (κ1) is 11.1. The van der Waals surface area contributed by atoms with E-state index in [1.54, 1.807) is 6.21 Å². The fourth-order valence-electron chi connectivity index (χ4n) is 0.989. The molecule has 1 rings (SSSR count). The second kappa shape index (κ2) is 6.44. The van der Waals surface area contributed by atoms with E-state index in [0.29, 0.717) is 0 Å². The summed E-state index contributed by atoms with van der Waals surface area (Å²) in [5, 5.41) is 4.84. The van der Waals surface area contributed by atoms with E-state index in [-0.39, 0.29) is 0 Å². The molecule has 76 valence electrons. The molecule has 0 fully saturated rings. The van der Waals surface area contributed by atoms with Gasteiger partial charge in [-0.05, 0) is 24.1 Å². The lowest BCUT2D eigenvalue weighted by Crippen LogP contribution is -2.06. The summed E-state index contributed by atoms with van der Waals surface area (Å²) in [5.74, 6) is 0. The molecule has 14 heavy (non-hydrogen) atoms. The third-order valence-corrected chi connectivity index (χ3v) is 2.07. The molecule has 0 atom stereocenters. The lowest BCUT2D eigenvalue weighted by atomic mass is 10.2. The standard InChI is InChI=1S/C11H15ClN2/c1-2-3-8-13-14-9-10-4-6-11(12)7-5-10/h4-7,9,13H,2-3,8H2,1H3. The molecule has 1 aromatic rings. The topological polar surface area (TPSA) is 24.4 Å². The van der Waals surface area contributed by atoms with Crippen molar-refractivity contribution >= 4 is 17.8 Å². The van der Waals surface area contributed by atoms with Crippen LogP contribution >= 0.6 is 11.6 Å². The molecule has 0 saturated carbocycles. The smallest absolute Gasteiger partial charge is 0.0540 e. The molecule has 2 nitrogen and oxygen atoms in total. The molecule has 0 bridgehead atoms. The average molecular weight is 211 g/mol. The molecule has 0 amide bonds. The summed E-state index contributed by atoms with van der Waals surface area (Å²) >= 11 is 5.75. The molecule has 0 heterocycles. The Morgan fingerprint density at radius 1 is 1.36 bits per heavy atom. The molecule has 0 unspecified atom stereocenters. The third-order valence-electron chi connectivity index (χ3n) is 1.82. The van der Waals surface area contributed by atoms with Crippen molar-refractivity contribution in [3.63, 3.8) is 0 Å². The van der Waals surface area contributed by atoms with Crippen LogP contribution in [0.2, 0.25) is 5.02 Å². The second-order valence-corrected chi connectivity index (χ2v) is 3.51. The Morgan fingerprint density at radius 2 is 2.07 bits per heavy atom. The van der Waals surface area contributed by atoms with E-state index in [2.05, 4.69) is 17.5 Å². The van der Waals surface area contributed by atoms with Gasteiger partial charge in [-0.3, -0.25) is 0 Å². The molecule has 0 aliphatic carbocycles. The highest BCUT2D eigenvalue weighted by atomic mass is 35.5. The van der Waals surface area contributed by atoms with Crippen LogP contribution in [-0.4, -0.2) is 12.8 Å². The summed E-state index contributed by atoms with van der Waals surface area (Å²) in [4.78, 5) is 0. The fourth-order valence-corrected chi connectivity index (χ4v) is 1.12. The first-order valence-electron chi connectivity index (χ1n) is 4.84. The lowest BCUT2D eigenvalue weighted by molar-refractivity contribution is 0.674. The van der Waals surface area contributed by atoms with Crippen molar-refractivity contribution in [3.8, 4) is 0 Å². The second-order valence-electron chi connectivity index (χ2n) is 3.07. The number of unbranched alkanes of at least 4 members (excludes halogenated alkanes) is 1. The van der Waals surface area contributed by atoms with Crippen LogP contribution in [0.3, 0.4) is 0 Å². The highest BCUT2D eigenvalue weighted by Crippen LogP contribution is 2.07. The van der Waals surface area contributed by atoms with Crippen LogP contribution in [0.15, 0.2) is 29.4 Å². The van der Waals surface area contributed by atoms with Crippen LogP contribution in [-0.2, 0) is 0 Å². The molecule has 0 saturated heterocycles. The zero-order valence-corrected chi connectivity index (χ0v) is 9.09. The number of hydrogen-bond donors (Lipinski definition) is 1. The number of nitrogens with one attached hydrogen (secondary N) is 1. The molecule has 0 aliphatic rings. The van der Waals surface area contributed by atoms with Gasteiger partial charge in [-0.2, -0.15) is 5.10 Å². The molecule has 1 N–H and O–H groups in total. The average Bonchev–Trinajstić information content (AvgIpc) is 2.21. The predicted octanol–water partition coefficient (Wildman–Crippen LogP) is 3.06. The first-order valence-corrected chi connectivity index (χ1v) is 5.22. The van der Waals surface area contributed by atoms with Crippen LogP contribution in [0, 0.1) is 0 Å². The number of hydrazone groups is 1. The maximum absolute atomic E-state index is 5.75. The number of nitrogens with zero attached hydrogens (tertiary/aromatic N) is 1. The van der Waals surface area contributed by atoms with E-state index in [4.69, 9.17) is 11.6 Å². The first-order chi connectivity index (χ1) is 6.83. The number of benzene rings is 1. The molecule has 0 aliphatic heterocycles. The Morgan fingerprint density at radius 3 is 2.71 bits per heavy atom. The minimum Gasteiger partial charge on any atom is -0.310 e. The Bertz CT molecular complexity index is 280. The van der Waals surface area contributed by atoms with Crippen LogP contribution in [0.5, 0.6) is 0 Å². The van der Waals surface area contributed by atoms with E-state index in [1.807, 2.05) is 24.3 Å². The minimum absolute atomic E-state index is 0.751.